The molecule has 0 aromatic rings. The highest BCUT2D eigenvalue weighted by Crippen LogP contribution is 2.29. The summed E-state index contributed by atoms with van der Waals surface area (Å²) in [7, 11) is -4.47. The fourth-order valence-corrected chi connectivity index (χ4v) is 2.32. The first-order chi connectivity index (χ1) is 5.77. The van der Waals surface area contributed by atoms with Crippen molar-refractivity contribution < 1.29 is 13.0 Å². The van der Waals surface area contributed by atoms with Gasteiger partial charge in [0.25, 0.3) is 10.1 Å². The molecule has 0 spiro atoms. The van der Waals surface area contributed by atoms with Crippen molar-refractivity contribution in [3.8, 4) is 0 Å². The second kappa shape index (κ2) is 3.25. The first-order valence-corrected chi connectivity index (χ1v) is 5.49. The summed E-state index contributed by atoms with van der Waals surface area (Å²) in [4.78, 5) is -2.04. The highest BCUT2D eigenvalue weighted by molar-refractivity contribution is 7.87. The molecule has 0 amide bonds. The average Bonchev–Trinajstić information content (AvgIpc) is 1.95. The Bertz CT molecular complexity index is 375. The molecule has 3 N–H and O–H groups in total. The van der Waals surface area contributed by atoms with Gasteiger partial charge >= 0.3 is 0 Å². The van der Waals surface area contributed by atoms with Crippen molar-refractivity contribution in [2.45, 2.75) is 10.2 Å². The van der Waals surface area contributed by atoms with E-state index in [4.69, 9.17) is 33.5 Å². The number of alkyl halides is 1. The summed E-state index contributed by atoms with van der Waals surface area (Å²) in [5.41, 5.74) is 5.39. The average molecular weight is 244 g/mol. The van der Waals surface area contributed by atoms with E-state index in [-0.39, 0.29) is 5.03 Å². The zero-order chi connectivity index (χ0) is 10.3. The van der Waals surface area contributed by atoms with Gasteiger partial charge in [0, 0.05) is 5.03 Å². The highest BCUT2D eigenvalue weighted by Gasteiger charge is 2.44. The molecule has 0 radical (unpaired) electrons. The summed E-state index contributed by atoms with van der Waals surface area (Å²) >= 11 is 11.2. The van der Waals surface area contributed by atoms with E-state index in [1.54, 1.807) is 0 Å². The SMILES string of the molecule is NC1(S(=O)(=O)O)C=C(Cl)C=CC1Cl. The molecule has 4 nitrogen and oxygen atoms in total. The maximum atomic E-state index is 10.9. The molecule has 1 aliphatic carbocycles. The molecule has 0 fully saturated rings. The molecular weight excluding hydrogens is 237 g/mol. The van der Waals surface area contributed by atoms with Gasteiger partial charge < -0.3 is 5.73 Å². The monoisotopic (exact) mass is 243 g/mol. The molecule has 2 atom stereocenters. The van der Waals surface area contributed by atoms with Gasteiger partial charge in [-0.2, -0.15) is 8.42 Å². The summed E-state index contributed by atoms with van der Waals surface area (Å²) in [5.74, 6) is 0. The third-order valence-corrected chi connectivity index (χ3v) is 3.80. The normalized spacial score (nSPS) is 34.5. The summed E-state index contributed by atoms with van der Waals surface area (Å²) in [6.07, 6.45) is 3.72. The fraction of sp³-hybridized carbons (Fsp3) is 0.333. The zero-order valence-corrected chi connectivity index (χ0v) is 8.64. The first kappa shape index (κ1) is 11.0. The van der Waals surface area contributed by atoms with Crippen LogP contribution in [0.3, 0.4) is 0 Å². The van der Waals surface area contributed by atoms with Gasteiger partial charge in [0.05, 0.1) is 5.38 Å². The van der Waals surface area contributed by atoms with E-state index >= 15 is 0 Å². The Morgan fingerprint density at radius 3 is 2.54 bits per heavy atom. The van der Waals surface area contributed by atoms with Gasteiger partial charge in [-0.15, -0.1) is 11.6 Å². The van der Waals surface area contributed by atoms with Crippen molar-refractivity contribution in [2.24, 2.45) is 5.73 Å². The smallest absolute Gasteiger partial charge is 0.289 e. The topological polar surface area (TPSA) is 80.4 Å². The van der Waals surface area contributed by atoms with Crippen LogP contribution >= 0.6 is 23.2 Å². The highest BCUT2D eigenvalue weighted by atomic mass is 35.5. The van der Waals surface area contributed by atoms with E-state index in [2.05, 4.69) is 0 Å². The maximum absolute atomic E-state index is 10.9. The Kier molecular flexibility index (Phi) is 2.75. The van der Waals surface area contributed by atoms with Crippen molar-refractivity contribution in [1.82, 2.24) is 0 Å². The Hall–Kier alpha value is -0.0700. The quantitative estimate of drug-likeness (QED) is 0.528. The molecular formula is C6H7Cl2NO3S. The lowest BCUT2D eigenvalue weighted by atomic mass is 10.1. The predicted octanol–water partition coefficient (Wildman–Crippen LogP) is 0.829. The molecule has 0 bridgehead atoms. The minimum atomic E-state index is -4.47. The maximum Gasteiger partial charge on any atom is 0.289 e. The predicted molar refractivity (Wildman–Crippen MR) is 51.2 cm³/mol. The van der Waals surface area contributed by atoms with Crippen LogP contribution in [0.1, 0.15) is 0 Å². The molecule has 13 heavy (non-hydrogen) atoms. The molecule has 74 valence electrons. The first-order valence-electron chi connectivity index (χ1n) is 3.24. The van der Waals surface area contributed by atoms with E-state index in [1.807, 2.05) is 0 Å². The third kappa shape index (κ3) is 1.89. The second-order valence-electron chi connectivity index (χ2n) is 2.62. The largest absolute Gasteiger partial charge is 0.306 e. The lowest BCUT2D eigenvalue weighted by molar-refractivity contribution is 0.448. The summed E-state index contributed by atoms with van der Waals surface area (Å²) in [6.45, 7) is 0. The third-order valence-electron chi connectivity index (χ3n) is 1.67. The van der Waals surface area contributed by atoms with E-state index in [1.165, 1.54) is 12.2 Å². The Balaban J connectivity index is 3.25. The van der Waals surface area contributed by atoms with E-state index in [9.17, 15) is 8.42 Å². The van der Waals surface area contributed by atoms with Gasteiger partial charge in [-0.05, 0) is 12.2 Å². The van der Waals surface area contributed by atoms with E-state index in [0.717, 1.165) is 6.08 Å². The standard InChI is InChI=1S/C6H7Cl2NO3S/c7-4-1-2-5(8)6(9,3-4)13(10,11)12/h1-3,5H,9H2,(H,10,11,12). The van der Waals surface area contributed by atoms with Crippen LogP contribution in [0.25, 0.3) is 0 Å². The van der Waals surface area contributed by atoms with Crippen LogP contribution in [0, 0.1) is 0 Å². The minimum Gasteiger partial charge on any atom is -0.306 e. The Morgan fingerprint density at radius 1 is 1.62 bits per heavy atom. The lowest BCUT2D eigenvalue weighted by Gasteiger charge is -2.27. The van der Waals surface area contributed by atoms with Crippen LogP contribution < -0.4 is 5.73 Å². The zero-order valence-electron chi connectivity index (χ0n) is 6.31. The van der Waals surface area contributed by atoms with Crippen molar-refractivity contribution in [3.63, 3.8) is 0 Å². The molecule has 0 saturated carbocycles. The van der Waals surface area contributed by atoms with Crippen LogP contribution in [0.2, 0.25) is 0 Å². The number of rotatable bonds is 1. The number of halogens is 2. The van der Waals surface area contributed by atoms with Crippen molar-refractivity contribution >= 4 is 33.3 Å². The van der Waals surface area contributed by atoms with Crippen LogP contribution in [-0.2, 0) is 10.1 Å². The molecule has 1 rings (SSSR count). The molecule has 2 unspecified atom stereocenters. The van der Waals surface area contributed by atoms with Crippen LogP contribution in [0.15, 0.2) is 23.3 Å². The van der Waals surface area contributed by atoms with Crippen LogP contribution in [0.4, 0.5) is 0 Å². The number of nitrogens with two attached hydrogens (primary N) is 1. The Labute approximate surface area is 85.8 Å². The number of allylic oxidation sites excluding steroid dienone is 2. The molecule has 0 aromatic heterocycles. The van der Waals surface area contributed by atoms with Crippen molar-refractivity contribution in [1.29, 1.82) is 0 Å². The van der Waals surface area contributed by atoms with Crippen LogP contribution in [-0.4, -0.2) is 23.2 Å². The van der Waals surface area contributed by atoms with Gasteiger partial charge in [0.1, 0.15) is 0 Å². The van der Waals surface area contributed by atoms with Gasteiger partial charge in [0.15, 0.2) is 4.87 Å². The van der Waals surface area contributed by atoms with Crippen molar-refractivity contribution in [2.75, 3.05) is 0 Å². The van der Waals surface area contributed by atoms with Crippen molar-refractivity contribution in [3.05, 3.63) is 23.3 Å². The molecule has 0 saturated heterocycles. The number of hydrogen-bond acceptors (Lipinski definition) is 3. The number of hydrogen-bond donors (Lipinski definition) is 2. The molecule has 7 heteroatoms. The lowest BCUT2D eigenvalue weighted by Crippen LogP contribution is -2.53. The summed E-state index contributed by atoms with van der Waals surface area (Å²) in [6, 6.07) is 0. The molecule has 0 aliphatic heterocycles. The van der Waals surface area contributed by atoms with Gasteiger partial charge in [-0.3, -0.25) is 4.55 Å². The minimum absolute atomic E-state index is 0.122. The molecule has 0 heterocycles. The van der Waals surface area contributed by atoms with Gasteiger partial charge in [-0.25, -0.2) is 0 Å². The molecule has 0 aromatic carbocycles. The van der Waals surface area contributed by atoms with E-state index < -0.39 is 20.4 Å². The fourth-order valence-electron chi connectivity index (χ4n) is 0.887. The molecule has 1 aliphatic rings. The van der Waals surface area contributed by atoms with Gasteiger partial charge in [0.2, 0.25) is 0 Å². The summed E-state index contributed by atoms with van der Waals surface area (Å²) in [5, 5.41) is -0.915. The second-order valence-corrected chi connectivity index (χ2v) is 5.18. The van der Waals surface area contributed by atoms with Gasteiger partial charge in [-0.1, -0.05) is 17.7 Å². The van der Waals surface area contributed by atoms with Crippen LogP contribution in [0.5, 0.6) is 0 Å². The summed E-state index contributed by atoms with van der Waals surface area (Å²) < 4.78 is 30.6. The Morgan fingerprint density at radius 2 is 2.15 bits per heavy atom. The van der Waals surface area contributed by atoms with E-state index in [0.29, 0.717) is 0 Å².